The summed E-state index contributed by atoms with van der Waals surface area (Å²) in [6.45, 7) is 4.64. The molecular weight excluding hydrogens is 463 g/mol. The summed E-state index contributed by atoms with van der Waals surface area (Å²) in [4.78, 5) is 27.2. The molecule has 0 aliphatic carbocycles. The van der Waals surface area contributed by atoms with Gasteiger partial charge in [0, 0.05) is 17.6 Å². The largest absolute Gasteiger partial charge is 0.354 e. The highest BCUT2D eigenvalue weighted by Gasteiger charge is 2.26. The van der Waals surface area contributed by atoms with Gasteiger partial charge in [-0.05, 0) is 48.7 Å². The summed E-state index contributed by atoms with van der Waals surface area (Å²) >= 11 is 15.5. The van der Waals surface area contributed by atoms with E-state index >= 15 is 0 Å². The van der Waals surface area contributed by atoms with Crippen LogP contribution in [-0.4, -0.2) is 29.3 Å². The van der Waals surface area contributed by atoms with Gasteiger partial charge in [0.2, 0.25) is 11.8 Å². The lowest BCUT2D eigenvalue weighted by Crippen LogP contribution is -2.48. The Kier molecular flexibility index (Phi) is 8.80. The number of hydrogen-bond donors (Lipinski definition) is 1. The molecule has 0 aromatic heterocycles. The van der Waals surface area contributed by atoms with E-state index in [1.807, 2.05) is 31.2 Å². The van der Waals surface area contributed by atoms with E-state index in [0.29, 0.717) is 23.1 Å². The van der Waals surface area contributed by atoms with E-state index in [-0.39, 0.29) is 18.2 Å². The maximum Gasteiger partial charge on any atom is 0.242 e. The summed E-state index contributed by atoms with van der Waals surface area (Å²) in [5.41, 5.74) is 1.69. The Morgan fingerprint density at radius 3 is 2.50 bits per heavy atom. The van der Waals surface area contributed by atoms with Crippen molar-refractivity contribution < 1.29 is 9.59 Å². The summed E-state index contributed by atoms with van der Waals surface area (Å²) in [5.74, 6) is -0.322. The van der Waals surface area contributed by atoms with Gasteiger partial charge in [0.25, 0.3) is 0 Å². The zero-order valence-corrected chi connectivity index (χ0v) is 18.9. The quantitative estimate of drug-likeness (QED) is 0.555. The summed E-state index contributed by atoms with van der Waals surface area (Å²) in [7, 11) is 0. The molecule has 1 N–H and O–H groups in total. The van der Waals surface area contributed by atoms with Crippen molar-refractivity contribution >= 4 is 50.9 Å². The van der Waals surface area contributed by atoms with Crippen LogP contribution >= 0.6 is 39.1 Å². The van der Waals surface area contributed by atoms with Crippen LogP contribution in [0.5, 0.6) is 0 Å². The number of carbonyl (C=O) groups excluding carboxylic acids is 2. The van der Waals surface area contributed by atoms with Crippen molar-refractivity contribution in [3.8, 4) is 0 Å². The third-order valence-corrected chi connectivity index (χ3v) is 5.53. The molecule has 0 radical (unpaired) electrons. The molecule has 1 atom stereocenters. The average Bonchev–Trinajstić information content (AvgIpc) is 2.66. The molecule has 7 heteroatoms. The molecule has 2 amide bonds. The number of nitrogens with one attached hydrogen (secondary N) is 1. The van der Waals surface area contributed by atoms with Gasteiger partial charge in [0.15, 0.2) is 0 Å². The Balaban J connectivity index is 2.23. The van der Waals surface area contributed by atoms with E-state index in [1.54, 1.807) is 30.0 Å². The second kappa shape index (κ2) is 10.8. The smallest absolute Gasteiger partial charge is 0.242 e. The summed E-state index contributed by atoms with van der Waals surface area (Å²) in [5, 5.41) is 3.71. The van der Waals surface area contributed by atoms with Gasteiger partial charge in [0.05, 0.1) is 16.5 Å². The molecule has 0 heterocycles. The first-order valence-corrected chi connectivity index (χ1v) is 10.6. The predicted octanol–water partition coefficient (Wildman–Crippen LogP) is 5.24. The van der Waals surface area contributed by atoms with Crippen LogP contribution in [0.15, 0.2) is 46.9 Å². The fourth-order valence-corrected chi connectivity index (χ4v) is 3.50. The van der Waals surface area contributed by atoms with Crippen molar-refractivity contribution in [1.29, 1.82) is 0 Å². The normalized spacial score (nSPS) is 11.8. The monoisotopic (exact) mass is 484 g/mol. The van der Waals surface area contributed by atoms with E-state index in [4.69, 9.17) is 23.2 Å². The van der Waals surface area contributed by atoms with Gasteiger partial charge in [-0.2, -0.15) is 0 Å². The Morgan fingerprint density at radius 1 is 1.11 bits per heavy atom. The highest BCUT2D eigenvalue weighted by atomic mass is 79.9. The minimum Gasteiger partial charge on any atom is -0.354 e. The van der Waals surface area contributed by atoms with E-state index in [1.165, 1.54) is 0 Å². The molecule has 0 saturated heterocycles. The third kappa shape index (κ3) is 6.50. The van der Waals surface area contributed by atoms with Crippen LogP contribution in [0.4, 0.5) is 0 Å². The van der Waals surface area contributed by atoms with Gasteiger partial charge in [-0.25, -0.2) is 0 Å². The number of halogens is 3. The van der Waals surface area contributed by atoms with Crippen molar-refractivity contribution in [2.24, 2.45) is 0 Å². The van der Waals surface area contributed by atoms with Crippen LogP contribution in [0.3, 0.4) is 0 Å². The lowest BCUT2D eigenvalue weighted by molar-refractivity contribution is -0.140. The Labute approximate surface area is 184 Å². The summed E-state index contributed by atoms with van der Waals surface area (Å²) < 4.78 is 0.921. The van der Waals surface area contributed by atoms with Gasteiger partial charge >= 0.3 is 0 Å². The van der Waals surface area contributed by atoms with Crippen LogP contribution in [0, 0.1) is 0 Å². The SMILES string of the molecule is CCCNC(=O)[C@@H](C)N(Cc1cccc(Br)c1)C(=O)Cc1ccc(Cl)c(Cl)c1. The molecule has 0 saturated carbocycles. The highest BCUT2D eigenvalue weighted by molar-refractivity contribution is 9.10. The molecule has 28 heavy (non-hydrogen) atoms. The minimum atomic E-state index is -0.596. The van der Waals surface area contributed by atoms with Crippen LogP contribution in [0.25, 0.3) is 0 Å². The first kappa shape index (κ1) is 22.7. The summed E-state index contributed by atoms with van der Waals surface area (Å²) in [6, 6.07) is 12.2. The first-order chi connectivity index (χ1) is 13.3. The van der Waals surface area contributed by atoms with Crippen molar-refractivity contribution in [3.05, 3.63) is 68.1 Å². The molecule has 2 aromatic carbocycles. The van der Waals surface area contributed by atoms with Gasteiger partial charge in [0.1, 0.15) is 6.04 Å². The van der Waals surface area contributed by atoms with E-state index in [0.717, 1.165) is 22.0 Å². The van der Waals surface area contributed by atoms with Crippen molar-refractivity contribution in [2.75, 3.05) is 6.54 Å². The van der Waals surface area contributed by atoms with Crippen molar-refractivity contribution in [2.45, 2.75) is 39.3 Å². The average molecular weight is 486 g/mol. The standard InChI is InChI=1S/C21H23BrCl2N2O2/c1-3-9-25-21(28)14(2)26(13-16-5-4-6-17(22)10-16)20(27)12-15-7-8-18(23)19(24)11-15/h4-8,10-11,14H,3,9,12-13H2,1-2H3,(H,25,28)/t14-/m1/s1. The van der Waals surface area contributed by atoms with Gasteiger partial charge in [-0.3, -0.25) is 9.59 Å². The Hall–Kier alpha value is -1.56. The zero-order chi connectivity index (χ0) is 20.7. The number of carbonyl (C=O) groups is 2. The number of amides is 2. The predicted molar refractivity (Wildman–Crippen MR) is 118 cm³/mol. The van der Waals surface area contributed by atoms with Gasteiger partial charge in [-0.15, -0.1) is 0 Å². The number of rotatable bonds is 8. The fourth-order valence-electron chi connectivity index (χ4n) is 2.74. The maximum atomic E-state index is 13.1. The number of benzene rings is 2. The van der Waals surface area contributed by atoms with Crippen LogP contribution in [-0.2, 0) is 22.6 Å². The van der Waals surface area contributed by atoms with Crippen molar-refractivity contribution in [1.82, 2.24) is 10.2 Å². The molecule has 4 nitrogen and oxygen atoms in total. The van der Waals surface area contributed by atoms with Crippen LogP contribution in [0.1, 0.15) is 31.4 Å². The molecule has 2 rings (SSSR count). The van der Waals surface area contributed by atoms with Crippen LogP contribution in [0.2, 0.25) is 10.0 Å². The van der Waals surface area contributed by atoms with E-state index < -0.39 is 6.04 Å². The molecule has 0 spiro atoms. The van der Waals surface area contributed by atoms with Crippen molar-refractivity contribution in [3.63, 3.8) is 0 Å². The molecule has 0 unspecified atom stereocenters. The van der Waals surface area contributed by atoms with E-state index in [9.17, 15) is 9.59 Å². The molecule has 0 fully saturated rings. The highest BCUT2D eigenvalue weighted by Crippen LogP contribution is 2.23. The lowest BCUT2D eigenvalue weighted by atomic mass is 10.1. The molecule has 150 valence electrons. The first-order valence-electron chi connectivity index (χ1n) is 9.07. The topological polar surface area (TPSA) is 49.4 Å². The molecular formula is C21H23BrCl2N2O2. The molecule has 0 aliphatic heterocycles. The third-order valence-electron chi connectivity index (χ3n) is 4.30. The Bertz CT molecular complexity index is 845. The maximum absolute atomic E-state index is 13.1. The zero-order valence-electron chi connectivity index (χ0n) is 15.8. The molecule has 2 aromatic rings. The van der Waals surface area contributed by atoms with Gasteiger partial charge < -0.3 is 10.2 Å². The summed E-state index contributed by atoms with van der Waals surface area (Å²) in [6.07, 6.45) is 0.970. The van der Waals surface area contributed by atoms with Crippen LogP contribution < -0.4 is 5.32 Å². The second-order valence-electron chi connectivity index (χ2n) is 6.54. The fraction of sp³-hybridized carbons (Fsp3) is 0.333. The number of hydrogen-bond acceptors (Lipinski definition) is 2. The number of nitrogens with zero attached hydrogens (tertiary/aromatic N) is 1. The Morgan fingerprint density at radius 2 is 1.86 bits per heavy atom. The van der Waals surface area contributed by atoms with E-state index in [2.05, 4.69) is 21.2 Å². The second-order valence-corrected chi connectivity index (χ2v) is 8.27. The lowest BCUT2D eigenvalue weighted by Gasteiger charge is -2.29. The minimum absolute atomic E-state index is 0.135. The molecule has 0 aliphatic rings. The van der Waals surface area contributed by atoms with Gasteiger partial charge in [-0.1, -0.05) is 64.3 Å². The molecule has 0 bridgehead atoms.